The molecule has 4 aromatic heterocycles. The predicted octanol–water partition coefficient (Wildman–Crippen LogP) is -3.66. The SMILES string of the molecule is C(=C\c1cc[nH+]cc1)/c1cc[nH+]cc1.O=C([O-])Cn1cc(F)c(=O)[nH]c1=O.O=C([O-])Cn1cc(F)c(=O)[nH]c1=O. The highest BCUT2D eigenvalue weighted by atomic mass is 19.1. The molecule has 0 unspecified atom stereocenters. The van der Waals surface area contributed by atoms with Gasteiger partial charge in [-0.3, -0.25) is 28.7 Å². The van der Waals surface area contributed by atoms with Gasteiger partial charge in [0.1, 0.15) is 0 Å². The Morgan fingerprint density at radius 2 is 1.02 bits per heavy atom. The van der Waals surface area contributed by atoms with E-state index in [2.05, 4.69) is 22.1 Å². The third kappa shape index (κ3) is 10.3. The number of pyridine rings is 2. The number of nitrogens with zero attached hydrogens (tertiary/aromatic N) is 2. The minimum atomic E-state index is -1.55. The third-order valence-electron chi connectivity index (χ3n) is 4.49. The summed E-state index contributed by atoms with van der Waals surface area (Å²) in [6.07, 6.45) is 12.9. The van der Waals surface area contributed by atoms with E-state index < -0.39 is 59.2 Å². The van der Waals surface area contributed by atoms with Gasteiger partial charge in [0, 0.05) is 24.3 Å². The second-order valence-corrected chi connectivity index (χ2v) is 7.47. The van der Waals surface area contributed by atoms with E-state index >= 15 is 0 Å². The molecule has 4 heterocycles. The first-order valence-corrected chi connectivity index (χ1v) is 10.9. The number of halogens is 2. The molecule has 0 fully saturated rings. The molecule has 14 nitrogen and oxygen atoms in total. The van der Waals surface area contributed by atoms with Crippen molar-refractivity contribution >= 4 is 24.1 Å². The van der Waals surface area contributed by atoms with Crippen LogP contribution in [0.25, 0.3) is 12.2 Å². The molecule has 16 heteroatoms. The van der Waals surface area contributed by atoms with Crippen molar-refractivity contribution in [2.24, 2.45) is 0 Å². The summed E-state index contributed by atoms with van der Waals surface area (Å²) in [5, 5.41) is 20.1. The van der Waals surface area contributed by atoms with Crippen LogP contribution in [0.15, 0.2) is 80.6 Å². The number of hydrogen-bond acceptors (Lipinski definition) is 8. The molecular formula is C24H20F2N6O8. The molecule has 208 valence electrons. The fourth-order valence-electron chi connectivity index (χ4n) is 2.69. The van der Waals surface area contributed by atoms with Crippen molar-refractivity contribution < 1.29 is 38.6 Å². The van der Waals surface area contributed by atoms with Gasteiger partial charge in [0.25, 0.3) is 11.1 Å². The monoisotopic (exact) mass is 558 g/mol. The van der Waals surface area contributed by atoms with Gasteiger partial charge in [-0.15, -0.1) is 0 Å². The lowest BCUT2D eigenvalue weighted by Crippen LogP contribution is -2.37. The van der Waals surface area contributed by atoms with Crippen LogP contribution >= 0.6 is 0 Å². The van der Waals surface area contributed by atoms with E-state index in [-0.39, 0.29) is 0 Å². The highest BCUT2D eigenvalue weighted by molar-refractivity contribution is 5.68. The first-order chi connectivity index (χ1) is 19.0. The molecule has 4 aromatic rings. The molecule has 4 rings (SSSR count). The number of carbonyl (C=O) groups excluding carboxylic acids is 2. The van der Waals surface area contributed by atoms with Crippen molar-refractivity contribution in [1.29, 1.82) is 0 Å². The van der Waals surface area contributed by atoms with Crippen molar-refractivity contribution in [1.82, 2.24) is 19.1 Å². The summed E-state index contributed by atoms with van der Waals surface area (Å²) in [6, 6.07) is 8.13. The van der Waals surface area contributed by atoms with Crippen LogP contribution in [-0.2, 0) is 22.7 Å². The van der Waals surface area contributed by atoms with Gasteiger partial charge >= 0.3 is 11.4 Å². The van der Waals surface area contributed by atoms with Crippen molar-refractivity contribution in [3.05, 3.63) is 126 Å². The average Bonchev–Trinajstić information content (AvgIpc) is 2.91. The first kappa shape index (κ1) is 30.4. The molecule has 0 aliphatic rings. The number of aromatic nitrogens is 6. The maximum Gasteiger partial charge on any atom is 0.328 e. The van der Waals surface area contributed by atoms with Gasteiger partial charge in [-0.05, 0) is 11.1 Å². The number of carboxylic acid groups (broad SMARTS) is 2. The Morgan fingerprint density at radius 3 is 1.32 bits per heavy atom. The lowest BCUT2D eigenvalue weighted by atomic mass is 10.2. The maximum atomic E-state index is 12.5. The summed E-state index contributed by atoms with van der Waals surface area (Å²) < 4.78 is 26.0. The van der Waals surface area contributed by atoms with Crippen LogP contribution in [0.2, 0.25) is 0 Å². The van der Waals surface area contributed by atoms with Crippen LogP contribution in [0.4, 0.5) is 8.78 Å². The number of aromatic amines is 4. The molecule has 0 spiro atoms. The number of carbonyl (C=O) groups is 2. The second-order valence-electron chi connectivity index (χ2n) is 7.47. The Labute approximate surface area is 221 Å². The van der Waals surface area contributed by atoms with Gasteiger partial charge < -0.3 is 19.8 Å². The van der Waals surface area contributed by atoms with Gasteiger partial charge in [0.15, 0.2) is 24.8 Å². The third-order valence-corrected chi connectivity index (χ3v) is 4.49. The van der Waals surface area contributed by atoms with Crippen molar-refractivity contribution in [3.63, 3.8) is 0 Å². The minimum absolute atomic E-state index is 0.492. The quantitative estimate of drug-likeness (QED) is 0.240. The summed E-state index contributed by atoms with van der Waals surface area (Å²) in [5.74, 6) is -5.54. The molecule has 0 bridgehead atoms. The van der Waals surface area contributed by atoms with Gasteiger partial charge in [-0.2, -0.15) is 8.78 Å². The Morgan fingerprint density at radius 1 is 0.700 bits per heavy atom. The lowest BCUT2D eigenvalue weighted by Gasteiger charge is -2.04. The minimum Gasteiger partial charge on any atom is -0.548 e. The van der Waals surface area contributed by atoms with Crippen molar-refractivity contribution in [2.45, 2.75) is 13.1 Å². The van der Waals surface area contributed by atoms with E-state index in [1.807, 2.05) is 49.1 Å². The van der Waals surface area contributed by atoms with Gasteiger partial charge in [0.05, 0.1) is 37.4 Å². The number of nitrogens with one attached hydrogen (secondary N) is 4. The van der Waals surface area contributed by atoms with Crippen LogP contribution in [0.1, 0.15) is 11.1 Å². The molecule has 0 saturated carbocycles. The van der Waals surface area contributed by atoms with E-state index in [1.54, 1.807) is 9.97 Å². The smallest absolute Gasteiger partial charge is 0.328 e. The zero-order chi connectivity index (χ0) is 29.7. The Balaban J connectivity index is 0.000000210. The van der Waals surface area contributed by atoms with Gasteiger partial charge in [-0.25, -0.2) is 19.6 Å². The van der Waals surface area contributed by atoms with E-state index in [0.717, 1.165) is 0 Å². The predicted molar refractivity (Wildman–Crippen MR) is 127 cm³/mol. The zero-order valence-electron chi connectivity index (χ0n) is 20.3. The number of hydrogen-bond donors (Lipinski definition) is 2. The molecule has 0 amide bonds. The zero-order valence-corrected chi connectivity index (χ0v) is 20.3. The molecule has 0 aromatic carbocycles. The molecule has 40 heavy (non-hydrogen) atoms. The van der Waals surface area contributed by atoms with Crippen LogP contribution in [-0.4, -0.2) is 31.0 Å². The van der Waals surface area contributed by atoms with Gasteiger partial charge in [-0.1, -0.05) is 12.2 Å². The largest absolute Gasteiger partial charge is 0.548 e. The molecule has 0 radical (unpaired) electrons. The first-order valence-electron chi connectivity index (χ1n) is 10.9. The topological polar surface area (TPSA) is 218 Å². The Kier molecular flexibility index (Phi) is 11.3. The molecule has 4 N–H and O–H groups in total. The number of H-pyrrole nitrogens is 4. The standard InChI is InChI=1S/C12H10N2.2C6H5FN2O4/c1(11-3-7-13-8-4-11)2-12-5-9-14-10-6-12;2*7-3-1-9(2-4(10)11)6(13)8-5(3)12/h1-10H;2*1H,2H2,(H,10,11)(H,8,12,13)/b2-1+;;. The molecular weight excluding hydrogens is 538 g/mol. The molecule has 0 atom stereocenters. The van der Waals surface area contributed by atoms with Crippen LogP contribution < -0.4 is 42.7 Å². The molecule has 0 saturated heterocycles. The normalized spacial score (nSPS) is 10.2. The number of rotatable bonds is 6. The maximum absolute atomic E-state index is 12.5. The second kappa shape index (κ2) is 14.8. The number of carboxylic acids is 2. The average molecular weight is 558 g/mol. The highest BCUT2D eigenvalue weighted by Gasteiger charge is 2.03. The van der Waals surface area contributed by atoms with Crippen molar-refractivity contribution in [2.75, 3.05) is 0 Å². The van der Waals surface area contributed by atoms with E-state index in [0.29, 0.717) is 21.5 Å². The fourth-order valence-corrected chi connectivity index (χ4v) is 2.69. The Bertz CT molecular complexity index is 1590. The van der Waals surface area contributed by atoms with E-state index in [9.17, 15) is 47.8 Å². The highest BCUT2D eigenvalue weighted by Crippen LogP contribution is 2.04. The number of aliphatic carboxylic acids is 2. The van der Waals surface area contributed by atoms with E-state index in [1.165, 1.54) is 11.1 Å². The van der Waals surface area contributed by atoms with Gasteiger partial charge in [0.2, 0.25) is 11.6 Å². The van der Waals surface area contributed by atoms with Crippen LogP contribution in [0, 0.1) is 11.6 Å². The van der Waals surface area contributed by atoms with Crippen LogP contribution in [0.3, 0.4) is 0 Å². The molecule has 0 aliphatic heterocycles. The summed E-state index contributed by atoms with van der Waals surface area (Å²) in [6.45, 7) is -1.60. The Hall–Kier alpha value is -5.80. The molecule has 0 aliphatic carbocycles. The van der Waals surface area contributed by atoms with Crippen molar-refractivity contribution in [3.8, 4) is 0 Å². The summed E-state index contributed by atoms with van der Waals surface area (Å²) in [7, 11) is 0. The van der Waals surface area contributed by atoms with E-state index in [4.69, 9.17) is 0 Å². The lowest BCUT2D eigenvalue weighted by molar-refractivity contribution is -0.378. The summed E-state index contributed by atoms with van der Waals surface area (Å²) >= 11 is 0. The fraction of sp³-hybridized carbons (Fsp3) is 0.0833. The van der Waals surface area contributed by atoms with Crippen LogP contribution in [0.5, 0.6) is 0 Å². The summed E-state index contributed by atoms with van der Waals surface area (Å²) in [4.78, 5) is 71.7. The summed E-state index contributed by atoms with van der Waals surface area (Å²) in [5.41, 5.74) is -1.96.